The largest absolute Gasteiger partial charge is 0.494 e. The minimum absolute atomic E-state index is 0.582. The predicted octanol–water partition coefficient (Wildman–Crippen LogP) is 3.66. The molecule has 104 valence electrons. The molecule has 1 unspecified atom stereocenters. The summed E-state index contributed by atoms with van der Waals surface area (Å²) in [6, 6.07) is 14.1. The second-order valence-corrected chi connectivity index (χ2v) is 5.29. The molecule has 2 aromatic carbocycles. The summed E-state index contributed by atoms with van der Waals surface area (Å²) in [5.41, 5.74) is 4.68. The molecule has 1 aliphatic rings. The van der Waals surface area contributed by atoms with Gasteiger partial charge >= 0.3 is 0 Å². The number of aliphatic hydroxyl groups is 1. The third kappa shape index (κ3) is 2.56. The van der Waals surface area contributed by atoms with E-state index in [0.717, 1.165) is 23.3 Å². The maximum Gasteiger partial charge on any atom is 0.119 e. The van der Waals surface area contributed by atoms with E-state index in [2.05, 4.69) is 12.1 Å². The summed E-state index contributed by atoms with van der Waals surface area (Å²) in [6.07, 6.45) is 2.95. The predicted molar refractivity (Wildman–Crippen MR) is 80.1 cm³/mol. The van der Waals surface area contributed by atoms with Gasteiger partial charge < -0.3 is 9.84 Å². The highest BCUT2D eigenvalue weighted by Gasteiger charge is 2.16. The van der Waals surface area contributed by atoms with Crippen LogP contribution >= 0.6 is 0 Å². The van der Waals surface area contributed by atoms with Crippen LogP contribution in [0.3, 0.4) is 0 Å². The first-order chi connectivity index (χ1) is 9.78. The molecule has 0 aromatic heterocycles. The van der Waals surface area contributed by atoms with Crippen LogP contribution in [-0.2, 0) is 12.8 Å². The minimum Gasteiger partial charge on any atom is -0.494 e. The van der Waals surface area contributed by atoms with Crippen molar-refractivity contribution >= 4 is 0 Å². The first-order valence-corrected chi connectivity index (χ1v) is 7.30. The topological polar surface area (TPSA) is 29.5 Å². The van der Waals surface area contributed by atoms with Crippen LogP contribution in [0.15, 0.2) is 42.5 Å². The van der Waals surface area contributed by atoms with Gasteiger partial charge in [0.15, 0.2) is 0 Å². The van der Waals surface area contributed by atoms with E-state index in [9.17, 15) is 5.11 Å². The van der Waals surface area contributed by atoms with Crippen molar-refractivity contribution in [1.29, 1.82) is 0 Å². The van der Waals surface area contributed by atoms with E-state index >= 15 is 0 Å². The molecule has 2 aromatic rings. The number of ether oxygens (including phenoxy) is 1. The summed E-state index contributed by atoms with van der Waals surface area (Å²) >= 11 is 0. The molecular weight excluding hydrogens is 248 g/mol. The molecule has 2 heteroatoms. The van der Waals surface area contributed by atoms with Gasteiger partial charge in [0.05, 0.1) is 6.61 Å². The number of aryl methyl sites for hydroxylation is 2. The van der Waals surface area contributed by atoms with Crippen molar-refractivity contribution in [1.82, 2.24) is 0 Å². The summed E-state index contributed by atoms with van der Waals surface area (Å²) in [7, 11) is 0. The Hall–Kier alpha value is -1.80. The second kappa shape index (κ2) is 5.68. The fraction of sp³-hybridized carbons (Fsp3) is 0.333. The van der Waals surface area contributed by atoms with Gasteiger partial charge in [0, 0.05) is 0 Å². The maximum absolute atomic E-state index is 10.6. The lowest BCUT2D eigenvalue weighted by molar-refractivity contribution is 0.219. The molecule has 0 bridgehead atoms. The molecule has 0 heterocycles. The van der Waals surface area contributed by atoms with Crippen molar-refractivity contribution in [3.05, 3.63) is 64.7 Å². The van der Waals surface area contributed by atoms with Gasteiger partial charge in [-0.15, -0.1) is 0 Å². The standard InChI is InChI=1S/C18H20O2/c1-2-20-17-8-4-7-15(12-17)18(19)16-10-9-13-5-3-6-14(13)11-16/h4,7-12,18-19H,2-3,5-6H2,1H3. The molecule has 1 atom stereocenters. The highest BCUT2D eigenvalue weighted by Crippen LogP contribution is 2.29. The summed E-state index contributed by atoms with van der Waals surface area (Å²) in [6.45, 7) is 2.60. The lowest BCUT2D eigenvalue weighted by Crippen LogP contribution is -2.01. The molecule has 1 N–H and O–H groups in total. The van der Waals surface area contributed by atoms with Crippen LogP contribution in [0.4, 0.5) is 0 Å². The van der Waals surface area contributed by atoms with E-state index in [1.54, 1.807) is 0 Å². The van der Waals surface area contributed by atoms with Crippen LogP contribution in [-0.4, -0.2) is 11.7 Å². The van der Waals surface area contributed by atoms with Gasteiger partial charge in [-0.25, -0.2) is 0 Å². The molecule has 0 saturated heterocycles. The number of aliphatic hydroxyl groups excluding tert-OH is 1. The Labute approximate surface area is 120 Å². The van der Waals surface area contributed by atoms with E-state index < -0.39 is 6.10 Å². The quantitative estimate of drug-likeness (QED) is 0.917. The zero-order valence-electron chi connectivity index (χ0n) is 11.8. The van der Waals surface area contributed by atoms with Crippen molar-refractivity contribution in [2.45, 2.75) is 32.3 Å². The molecule has 0 amide bonds. The van der Waals surface area contributed by atoms with Gasteiger partial charge in [-0.1, -0.05) is 30.3 Å². The summed E-state index contributed by atoms with van der Waals surface area (Å²) in [5.74, 6) is 0.810. The van der Waals surface area contributed by atoms with E-state index in [-0.39, 0.29) is 0 Å². The molecule has 20 heavy (non-hydrogen) atoms. The maximum atomic E-state index is 10.6. The average Bonchev–Trinajstić information content (AvgIpc) is 2.94. The van der Waals surface area contributed by atoms with Crippen molar-refractivity contribution in [3.8, 4) is 5.75 Å². The van der Waals surface area contributed by atoms with Crippen molar-refractivity contribution in [2.24, 2.45) is 0 Å². The fourth-order valence-corrected chi connectivity index (χ4v) is 2.90. The van der Waals surface area contributed by atoms with E-state index in [4.69, 9.17) is 4.74 Å². The molecule has 0 fully saturated rings. The van der Waals surface area contributed by atoms with Crippen LogP contribution in [0, 0.1) is 0 Å². The SMILES string of the molecule is CCOc1cccc(C(O)c2ccc3c(c2)CCC3)c1. The van der Waals surface area contributed by atoms with Crippen molar-refractivity contribution in [3.63, 3.8) is 0 Å². The highest BCUT2D eigenvalue weighted by atomic mass is 16.5. The fourth-order valence-electron chi connectivity index (χ4n) is 2.90. The van der Waals surface area contributed by atoms with Gasteiger partial charge in [0.25, 0.3) is 0 Å². The van der Waals surface area contributed by atoms with E-state index in [0.29, 0.717) is 6.61 Å². The first kappa shape index (κ1) is 13.2. The lowest BCUT2D eigenvalue weighted by Gasteiger charge is -2.14. The summed E-state index contributed by atoms with van der Waals surface area (Å²) < 4.78 is 5.50. The average molecular weight is 268 g/mol. The molecular formula is C18H20O2. The molecule has 0 spiro atoms. The van der Waals surface area contributed by atoms with E-state index in [1.165, 1.54) is 24.0 Å². The lowest BCUT2D eigenvalue weighted by atomic mass is 9.98. The molecule has 0 aliphatic heterocycles. The van der Waals surface area contributed by atoms with Gasteiger partial charge in [0.1, 0.15) is 11.9 Å². The van der Waals surface area contributed by atoms with Crippen LogP contribution in [0.5, 0.6) is 5.75 Å². The molecule has 1 aliphatic carbocycles. The monoisotopic (exact) mass is 268 g/mol. The van der Waals surface area contributed by atoms with Crippen LogP contribution in [0.25, 0.3) is 0 Å². The minimum atomic E-state index is -0.582. The smallest absolute Gasteiger partial charge is 0.119 e. The van der Waals surface area contributed by atoms with E-state index in [1.807, 2.05) is 37.3 Å². The number of rotatable bonds is 4. The third-order valence-corrected chi connectivity index (χ3v) is 3.92. The number of fused-ring (bicyclic) bond motifs is 1. The highest BCUT2D eigenvalue weighted by molar-refractivity contribution is 5.40. The number of benzene rings is 2. The summed E-state index contributed by atoms with van der Waals surface area (Å²) in [4.78, 5) is 0. The normalized spacial score (nSPS) is 14.9. The van der Waals surface area contributed by atoms with Crippen LogP contribution in [0.1, 0.15) is 41.7 Å². The summed E-state index contributed by atoms with van der Waals surface area (Å²) in [5, 5.41) is 10.6. The van der Waals surface area contributed by atoms with Crippen molar-refractivity contribution in [2.75, 3.05) is 6.61 Å². The Morgan fingerprint density at radius 3 is 2.70 bits per heavy atom. The zero-order chi connectivity index (χ0) is 13.9. The Morgan fingerprint density at radius 1 is 1.05 bits per heavy atom. The molecule has 3 rings (SSSR count). The number of hydrogen-bond donors (Lipinski definition) is 1. The van der Waals surface area contributed by atoms with Crippen LogP contribution in [0.2, 0.25) is 0 Å². The Morgan fingerprint density at radius 2 is 1.85 bits per heavy atom. The van der Waals surface area contributed by atoms with Gasteiger partial charge in [-0.2, -0.15) is 0 Å². The second-order valence-electron chi connectivity index (χ2n) is 5.29. The van der Waals surface area contributed by atoms with Crippen molar-refractivity contribution < 1.29 is 9.84 Å². The van der Waals surface area contributed by atoms with Gasteiger partial charge in [0.2, 0.25) is 0 Å². The third-order valence-electron chi connectivity index (χ3n) is 3.92. The van der Waals surface area contributed by atoms with Gasteiger partial charge in [-0.05, 0) is 60.6 Å². The molecule has 2 nitrogen and oxygen atoms in total. The molecule has 0 radical (unpaired) electrons. The molecule has 0 saturated carbocycles. The Balaban J connectivity index is 1.88. The van der Waals surface area contributed by atoms with Crippen LogP contribution < -0.4 is 4.74 Å². The first-order valence-electron chi connectivity index (χ1n) is 7.30. The Kier molecular flexibility index (Phi) is 3.75. The Bertz CT molecular complexity index is 604. The number of hydrogen-bond acceptors (Lipinski definition) is 2. The van der Waals surface area contributed by atoms with Gasteiger partial charge in [-0.3, -0.25) is 0 Å². The zero-order valence-corrected chi connectivity index (χ0v) is 11.8.